The quantitative estimate of drug-likeness (QED) is 0.720. The molecule has 0 aliphatic heterocycles. The lowest BCUT2D eigenvalue weighted by Crippen LogP contribution is -2.03. The van der Waals surface area contributed by atoms with E-state index in [9.17, 15) is 9.65 Å². The van der Waals surface area contributed by atoms with Crippen molar-refractivity contribution in [1.29, 1.82) is 5.26 Å². The van der Waals surface area contributed by atoms with Crippen molar-refractivity contribution in [2.75, 3.05) is 27.1 Å². The number of nitriles is 1. The summed E-state index contributed by atoms with van der Waals surface area (Å²) in [5, 5.41) is 9.65. The van der Waals surface area contributed by atoms with Crippen molar-refractivity contribution >= 4 is 5.82 Å². The third kappa shape index (κ3) is 3.28. The highest BCUT2D eigenvalue weighted by Gasteiger charge is 2.22. The van der Waals surface area contributed by atoms with E-state index in [1.807, 2.05) is 0 Å². The van der Waals surface area contributed by atoms with Gasteiger partial charge in [0, 0.05) is 23.3 Å². The molecule has 2 aromatic carbocycles. The number of methoxy groups -OCH3 is 3. The zero-order valence-corrected chi connectivity index (χ0v) is 15.6. The lowest BCUT2D eigenvalue weighted by Gasteiger charge is -2.17. The van der Waals surface area contributed by atoms with Gasteiger partial charge in [0.05, 0.1) is 32.6 Å². The molecule has 0 saturated heterocycles. The lowest BCUT2D eigenvalue weighted by atomic mass is 9.96. The van der Waals surface area contributed by atoms with Crippen molar-refractivity contribution in [2.45, 2.75) is 0 Å². The Bertz CT molecular complexity index is 1050. The molecule has 0 aliphatic rings. The van der Waals surface area contributed by atoms with Gasteiger partial charge in [-0.3, -0.25) is 0 Å². The highest BCUT2D eigenvalue weighted by atomic mass is 19.1. The molecular formula is C21H18FN3O3. The van der Waals surface area contributed by atoms with Crippen LogP contribution < -0.4 is 19.9 Å². The number of nitrogens with zero attached hydrogens (tertiary/aromatic N) is 2. The molecule has 0 unspecified atom stereocenters. The van der Waals surface area contributed by atoms with Crippen LogP contribution in [0.2, 0.25) is 0 Å². The maximum absolute atomic E-state index is 14.3. The summed E-state index contributed by atoms with van der Waals surface area (Å²) in [6.07, 6.45) is 0. The first-order valence-corrected chi connectivity index (χ1v) is 8.29. The third-order valence-corrected chi connectivity index (χ3v) is 4.29. The third-order valence-electron chi connectivity index (χ3n) is 4.29. The van der Waals surface area contributed by atoms with Crippen molar-refractivity contribution in [2.24, 2.45) is 0 Å². The Morgan fingerprint density at radius 2 is 1.61 bits per heavy atom. The molecule has 3 rings (SSSR count). The zero-order chi connectivity index (χ0) is 20.3. The van der Waals surface area contributed by atoms with E-state index >= 15 is 0 Å². The summed E-state index contributed by atoms with van der Waals surface area (Å²) < 4.78 is 30.5. The number of aromatic nitrogens is 1. The second-order valence-corrected chi connectivity index (χ2v) is 5.81. The van der Waals surface area contributed by atoms with E-state index in [0.29, 0.717) is 34.1 Å². The van der Waals surface area contributed by atoms with Gasteiger partial charge in [-0.15, -0.1) is 0 Å². The molecule has 1 heterocycles. The number of benzene rings is 2. The summed E-state index contributed by atoms with van der Waals surface area (Å²) in [6, 6.07) is 13.2. The summed E-state index contributed by atoms with van der Waals surface area (Å²) in [6.45, 7) is 0. The van der Waals surface area contributed by atoms with Gasteiger partial charge in [0.25, 0.3) is 0 Å². The lowest BCUT2D eigenvalue weighted by molar-refractivity contribution is 0.377. The Hall–Kier alpha value is -3.79. The van der Waals surface area contributed by atoms with Crippen LogP contribution in [0.25, 0.3) is 22.4 Å². The summed E-state index contributed by atoms with van der Waals surface area (Å²) >= 11 is 0. The van der Waals surface area contributed by atoms with Gasteiger partial charge in [-0.25, -0.2) is 9.37 Å². The number of rotatable bonds is 5. The van der Waals surface area contributed by atoms with Crippen molar-refractivity contribution in [1.82, 2.24) is 4.98 Å². The Morgan fingerprint density at radius 3 is 2.14 bits per heavy atom. The molecule has 0 spiro atoms. The smallest absolute Gasteiger partial charge is 0.142 e. The maximum Gasteiger partial charge on any atom is 0.142 e. The van der Waals surface area contributed by atoms with Crippen molar-refractivity contribution < 1.29 is 18.6 Å². The highest BCUT2D eigenvalue weighted by molar-refractivity contribution is 5.87. The molecule has 0 fully saturated rings. The van der Waals surface area contributed by atoms with Gasteiger partial charge in [-0.1, -0.05) is 12.1 Å². The highest BCUT2D eigenvalue weighted by Crippen LogP contribution is 2.44. The minimum atomic E-state index is -0.446. The SMILES string of the molecule is COc1cc(OC)c(-c2cc(-c3ccccc3F)nc(N)c2C#N)c(OC)c1. The van der Waals surface area contributed by atoms with Crippen LogP contribution in [0.5, 0.6) is 17.2 Å². The molecule has 0 radical (unpaired) electrons. The average Bonchev–Trinajstić information content (AvgIpc) is 2.72. The van der Waals surface area contributed by atoms with Crippen LogP contribution in [-0.4, -0.2) is 26.3 Å². The second-order valence-electron chi connectivity index (χ2n) is 5.81. The fraction of sp³-hybridized carbons (Fsp3) is 0.143. The van der Waals surface area contributed by atoms with Gasteiger partial charge in [0.15, 0.2) is 0 Å². The topological polar surface area (TPSA) is 90.4 Å². The van der Waals surface area contributed by atoms with Crippen LogP contribution in [0.1, 0.15) is 5.56 Å². The van der Waals surface area contributed by atoms with Crippen LogP contribution in [0.15, 0.2) is 42.5 Å². The summed E-state index contributed by atoms with van der Waals surface area (Å²) in [5.74, 6) is 0.889. The number of halogens is 1. The molecule has 6 nitrogen and oxygen atoms in total. The van der Waals surface area contributed by atoms with Gasteiger partial charge in [0.1, 0.15) is 40.5 Å². The Kier molecular flexibility index (Phi) is 5.32. The number of pyridine rings is 1. The van der Waals surface area contributed by atoms with E-state index < -0.39 is 5.82 Å². The predicted molar refractivity (Wildman–Crippen MR) is 104 cm³/mol. The summed E-state index contributed by atoms with van der Waals surface area (Å²) in [5.41, 5.74) is 7.66. The first kappa shape index (κ1) is 19.0. The van der Waals surface area contributed by atoms with Crippen LogP contribution in [0, 0.1) is 17.1 Å². The van der Waals surface area contributed by atoms with Gasteiger partial charge in [0.2, 0.25) is 0 Å². The summed E-state index contributed by atoms with van der Waals surface area (Å²) in [4.78, 5) is 4.21. The van der Waals surface area contributed by atoms with Gasteiger partial charge < -0.3 is 19.9 Å². The fourth-order valence-corrected chi connectivity index (χ4v) is 2.96. The first-order chi connectivity index (χ1) is 13.5. The molecule has 0 saturated carbocycles. The monoisotopic (exact) mass is 379 g/mol. The van der Waals surface area contributed by atoms with Crippen LogP contribution in [0.3, 0.4) is 0 Å². The Labute approximate surface area is 161 Å². The van der Waals surface area contributed by atoms with E-state index in [1.165, 1.54) is 27.4 Å². The van der Waals surface area contributed by atoms with Gasteiger partial charge >= 0.3 is 0 Å². The molecule has 3 aromatic rings. The van der Waals surface area contributed by atoms with Gasteiger partial charge in [-0.2, -0.15) is 5.26 Å². The number of hydrogen-bond donors (Lipinski definition) is 1. The largest absolute Gasteiger partial charge is 0.496 e. The number of ether oxygens (including phenoxy) is 3. The minimum absolute atomic E-state index is 0.0156. The number of nitrogens with two attached hydrogens (primary N) is 1. The van der Waals surface area contributed by atoms with Crippen LogP contribution in [0.4, 0.5) is 10.2 Å². The fourth-order valence-electron chi connectivity index (χ4n) is 2.96. The minimum Gasteiger partial charge on any atom is -0.496 e. The Morgan fingerprint density at radius 1 is 0.964 bits per heavy atom. The molecule has 7 heteroatoms. The maximum atomic E-state index is 14.3. The van der Waals surface area contributed by atoms with E-state index in [1.54, 1.807) is 36.4 Å². The predicted octanol–water partition coefficient (Wildman–Crippen LogP) is 4.03. The summed E-state index contributed by atoms with van der Waals surface area (Å²) in [7, 11) is 4.51. The average molecular weight is 379 g/mol. The second kappa shape index (κ2) is 7.84. The molecule has 2 N–H and O–H groups in total. The standard InChI is InChI=1S/C21H18FN3O3/c1-26-12-8-18(27-2)20(19(9-12)28-3)14-10-17(25-21(24)15(14)11-23)13-6-4-5-7-16(13)22/h4-10H,1-3H3,(H2,24,25). The van der Waals surface area contributed by atoms with Crippen molar-refractivity contribution in [3.05, 3.63) is 53.8 Å². The van der Waals surface area contributed by atoms with E-state index in [2.05, 4.69) is 11.1 Å². The van der Waals surface area contributed by atoms with Crippen LogP contribution in [-0.2, 0) is 0 Å². The van der Waals surface area contributed by atoms with Crippen molar-refractivity contribution in [3.8, 4) is 45.7 Å². The number of hydrogen-bond acceptors (Lipinski definition) is 6. The normalized spacial score (nSPS) is 10.2. The van der Waals surface area contributed by atoms with Gasteiger partial charge in [-0.05, 0) is 18.2 Å². The molecular weight excluding hydrogens is 361 g/mol. The Balaban J connectivity index is 2.37. The molecule has 1 aromatic heterocycles. The van der Waals surface area contributed by atoms with E-state index in [-0.39, 0.29) is 16.9 Å². The molecule has 0 aliphatic carbocycles. The molecule has 0 bridgehead atoms. The number of anilines is 1. The zero-order valence-electron chi connectivity index (χ0n) is 15.6. The first-order valence-electron chi connectivity index (χ1n) is 8.29. The molecule has 0 atom stereocenters. The molecule has 142 valence electrons. The van der Waals surface area contributed by atoms with Crippen molar-refractivity contribution in [3.63, 3.8) is 0 Å². The van der Waals surface area contributed by atoms with Crippen LogP contribution >= 0.6 is 0 Å². The number of nitrogen functional groups attached to an aromatic ring is 1. The molecule has 28 heavy (non-hydrogen) atoms. The van der Waals surface area contributed by atoms with E-state index in [0.717, 1.165) is 0 Å². The van der Waals surface area contributed by atoms with E-state index in [4.69, 9.17) is 19.9 Å². The molecule has 0 amide bonds.